The zero-order valence-corrected chi connectivity index (χ0v) is 14.5. The van der Waals surface area contributed by atoms with Crippen molar-refractivity contribution in [2.24, 2.45) is 11.7 Å². The first-order valence-electron chi connectivity index (χ1n) is 8.65. The third kappa shape index (κ3) is 4.42. The summed E-state index contributed by atoms with van der Waals surface area (Å²) in [7, 11) is 1.62. The number of rotatable bonds is 6. The summed E-state index contributed by atoms with van der Waals surface area (Å²) in [4.78, 5) is 27.5. The highest BCUT2D eigenvalue weighted by Crippen LogP contribution is 2.25. The molecule has 7 heteroatoms. The van der Waals surface area contributed by atoms with Gasteiger partial charge in [-0.1, -0.05) is 6.07 Å². The number of nitrogens with zero attached hydrogens (tertiary/aromatic N) is 2. The van der Waals surface area contributed by atoms with Crippen LogP contribution in [0.15, 0.2) is 24.3 Å². The molecule has 2 fully saturated rings. The van der Waals surface area contributed by atoms with Crippen LogP contribution >= 0.6 is 0 Å². The molecule has 0 radical (unpaired) electrons. The molecular formula is C18H25N3O4. The van der Waals surface area contributed by atoms with Crippen molar-refractivity contribution in [2.45, 2.75) is 18.9 Å². The van der Waals surface area contributed by atoms with Crippen molar-refractivity contribution in [3.63, 3.8) is 0 Å². The lowest BCUT2D eigenvalue weighted by atomic mass is 9.95. The van der Waals surface area contributed by atoms with E-state index < -0.39 is 0 Å². The predicted octanol–water partition coefficient (Wildman–Crippen LogP) is 0.482. The minimum Gasteiger partial charge on any atom is -0.497 e. The molecule has 0 saturated carbocycles. The number of amides is 2. The van der Waals surface area contributed by atoms with E-state index in [4.69, 9.17) is 15.2 Å². The van der Waals surface area contributed by atoms with Crippen molar-refractivity contribution in [2.75, 3.05) is 39.8 Å². The Labute approximate surface area is 147 Å². The fraction of sp³-hybridized carbons (Fsp3) is 0.556. The summed E-state index contributed by atoms with van der Waals surface area (Å²) in [6, 6.07) is 7.47. The van der Waals surface area contributed by atoms with Gasteiger partial charge in [-0.05, 0) is 31.5 Å². The van der Waals surface area contributed by atoms with Gasteiger partial charge in [0.25, 0.3) is 0 Å². The third-order valence-electron chi connectivity index (χ3n) is 4.74. The number of benzene rings is 1. The van der Waals surface area contributed by atoms with E-state index in [1.807, 2.05) is 34.1 Å². The lowest BCUT2D eigenvalue weighted by Gasteiger charge is -2.42. The first kappa shape index (κ1) is 17.5. The van der Waals surface area contributed by atoms with Gasteiger partial charge < -0.3 is 20.1 Å². The predicted molar refractivity (Wildman–Crippen MR) is 92.3 cm³/mol. The van der Waals surface area contributed by atoms with Gasteiger partial charge in [0, 0.05) is 12.6 Å². The molecule has 1 aromatic rings. The molecule has 3 rings (SSSR count). The van der Waals surface area contributed by atoms with Gasteiger partial charge >= 0.3 is 0 Å². The minimum atomic E-state index is -0.344. The molecule has 0 aromatic heterocycles. The van der Waals surface area contributed by atoms with Crippen LogP contribution in [0.3, 0.4) is 0 Å². The van der Waals surface area contributed by atoms with Crippen LogP contribution in [0.4, 0.5) is 0 Å². The molecule has 2 N–H and O–H groups in total. The number of methoxy groups -OCH3 is 1. The second-order valence-electron chi connectivity index (χ2n) is 6.70. The van der Waals surface area contributed by atoms with E-state index in [1.165, 1.54) is 0 Å². The van der Waals surface area contributed by atoms with Gasteiger partial charge in [0.15, 0.2) is 0 Å². The topological polar surface area (TPSA) is 85.1 Å². The first-order valence-corrected chi connectivity index (χ1v) is 8.65. The number of nitrogens with two attached hydrogens (primary N) is 1. The second-order valence-corrected chi connectivity index (χ2v) is 6.70. The summed E-state index contributed by atoms with van der Waals surface area (Å²) in [5, 5.41) is 0. The van der Waals surface area contributed by atoms with Crippen molar-refractivity contribution in [1.82, 2.24) is 9.80 Å². The maximum Gasteiger partial charge on any atom is 0.231 e. The average molecular weight is 347 g/mol. The summed E-state index contributed by atoms with van der Waals surface area (Å²) in [6.45, 7) is 2.87. The number of likely N-dealkylation sites (tertiary alicyclic amines) is 2. The normalized spacial score (nSPS) is 21.5. The lowest BCUT2D eigenvalue weighted by molar-refractivity contribution is -0.146. The zero-order valence-electron chi connectivity index (χ0n) is 14.5. The van der Waals surface area contributed by atoms with Gasteiger partial charge in [-0.15, -0.1) is 0 Å². The molecule has 0 bridgehead atoms. The van der Waals surface area contributed by atoms with Crippen LogP contribution in [0.2, 0.25) is 0 Å². The minimum absolute atomic E-state index is 0.0152. The maximum atomic E-state index is 12.6. The van der Waals surface area contributed by atoms with E-state index in [-0.39, 0.29) is 30.4 Å². The van der Waals surface area contributed by atoms with Gasteiger partial charge in [-0.2, -0.15) is 0 Å². The van der Waals surface area contributed by atoms with E-state index in [0.29, 0.717) is 19.6 Å². The summed E-state index contributed by atoms with van der Waals surface area (Å²) in [6.07, 6.45) is 1.80. The molecule has 136 valence electrons. The first-order chi connectivity index (χ1) is 12.0. The molecule has 2 saturated heterocycles. The van der Waals surface area contributed by atoms with Crippen LogP contribution in [-0.4, -0.2) is 67.6 Å². The van der Waals surface area contributed by atoms with Crippen molar-refractivity contribution in [1.29, 1.82) is 0 Å². The molecule has 2 amide bonds. The second kappa shape index (κ2) is 7.74. The quantitative estimate of drug-likeness (QED) is 0.809. The van der Waals surface area contributed by atoms with Crippen LogP contribution in [0.1, 0.15) is 12.8 Å². The molecule has 0 spiro atoms. The molecule has 7 nitrogen and oxygen atoms in total. The molecule has 0 unspecified atom stereocenters. The molecule has 25 heavy (non-hydrogen) atoms. The van der Waals surface area contributed by atoms with Crippen molar-refractivity contribution in [3.05, 3.63) is 24.3 Å². The SMILES string of the molecule is COc1cccc(OC2CN(C(=O)[C@@H]3CCCN(CC(N)=O)C3)C2)c1. The summed E-state index contributed by atoms with van der Waals surface area (Å²) < 4.78 is 11.1. The van der Waals surface area contributed by atoms with E-state index in [2.05, 4.69) is 0 Å². The van der Waals surface area contributed by atoms with Crippen LogP contribution in [0.5, 0.6) is 11.5 Å². The number of carbonyl (C=O) groups excluding carboxylic acids is 2. The lowest BCUT2D eigenvalue weighted by Crippen LogP contribution is -2.59. The highest BCUT2D eigenvalue weighted by atomic mass is 16.5. The largest absolute Gasteiger partial charge is 0.497 e. The Morgan fingerprint density at radius 2 is 2.00 bits per heavy atom. The smallest absolute Gasteiger partial charge is 0.231 e. The van der Waals surface area contributed by atoms with E-state index in [0.717, 1.165) is 30.9 Å². The highest BCUT2D eigenvalue weighted by Gasteiger charge is 2.37. The van der Waals surface area contributed by atoms with Crippen LogP contribution < -0.4 is 15.2 Å². The highest BCUT2D eigenvalue weighted by molar-refractivity contribution is 5.80. The van der Waals surface area contributed by atoms with Crippen LogP contribution in [0, 0.1) is 5.92 Å². The van der Waals surface area contributed by atoms with E-state index >= 15 is 0 Å². The summed E-state index contributed by atoms with van der Waals surface area (Å²) >= 11 is 0. The van der Waals surface area contributed by atoms with E-state index in [1.54, 1.807) is 7.11 Å². The Balaban J connectivity index is 1.47. The number of primary amides is 1. The zero-order chi connectivity index (χ0) is 17.8. The molecular weight excluding hydrogens is 322 g/mol. The monoisotopic (exact) mass is 347 g/mol. The molecule has 2 heterocycles. The molecule has 1 aromatic carbocycles. The number of hydrogen-bond donors (Lipinski definition) is 1. The fourth-order valence-corrected chi connectivity index (χ4v) is 3.44. The third-order valence-corrected chi connectivity index (χ3v) is 4.74. The van der Waals surface area contributed by atoms with Crippen LogP contribution in [-0.2, 0) is 9.59 Å². The number of carbonyl (C=O) groups is 2. The van der Waals surface area contributed by atoms with Gasteiger partial charge in [-0.25, -0.2) is 0 Å². The standard InChI is InChI=1S/C18H25N3O4/c1-24-14-5-2-6-15(8-14)25-16-10-21(11-16)18(23)13-4-3-7-20(9-13)12-17(19)22/h2,5-6,8,13,16H,3-4,7,9-12H2,1H3,(H2,19,22)/t13-/m1/s1. The maximum absolute atomic E-state index is 12.6. The fourth-order valence-electron chi connectivity index (χ4n) is 3.44. The van der Waals surface area contributed by atoms with Crippen LogP contribution in [0.25, 0.3) is 0 Å². The Bertz CT molecular complexity index is 631. The summed E-state index contributed by atoms with van der Waals surface area (Å²) in [5.74, 6) is 1.26. The molecule has 2 aliphatic heterocycles. The van der Waals surface area contributed by atoms with Crippen molar-refractivity contribution < 1.29 is 19.1 Å². The van der Waals surface area contributed by atoms with Crippen molar-refractivity contribution in [3.8, 4) is 11.5 Å². The summed E-state index contributed by atoms with van der Waals surface area (Å²) in [5.41, 5.74) is 5.25. The molecule has 1 atom stereocenters. The molecule has 2 aliphatic rings. The number of ether oxygens (including phenoxy) is 2. The number of hydrogen-bond acceptors (Lipinski definition) is 5. The van der Waals surface area contributed by atoms with Gasteiger partial charge in [0.05, 0.1) is 32.7 Å². The Morgan fingerprint density at radius 1 is 1.24 bits per heavy atom. The van der Waals surface area contributed by atoms with Gasteiger partial charge in [0.2, 0.25) is 11.8 Å². The van der Waals surface area contributed by atoms with Gasteiger partial charge in [-0.3, -0.25) is 14.5 Å². The van der Waals surface area contributed by atoms with Gasteiger partial charge in [0.1, 0.15) is 17.6 Å². The Kier molecular flexibility index (Phi) is 5.43. The molecule has 0 aliphatic carbocycles. The van der Waals surface area contributed by atoms with Crippen molar-refractivity contribution >= 4 is 11.8 Å². The average Bonchev–Trinajstić information content (AvgIpc) is 2.57. The Hall–Kier alpha value is -2.28. The number of piperidine rings is 1. The Morgan fingerprint density at radius 3 is 2.72 bits per heavy atom. The van der Waals surface area contributed by atoms with E-state index in [9.17, 15) is 9.59 Å².